The van der Waals surface area contributed by atoms with E-state index in [1.54, 1.807) is 0 Å². The summed E-state index contributed by atoms with van der Waals surface area (Å²) in [5, 5.41) is 0. The third-order valence-electron chi connectivity index (χ3n) is 4.15. The fourth-order valence-corrected chi connectivity index (χ4v) is 2.96. The van der Waals surface area contributed by atoms with Crippen molar-refractivity contribution in [3.05, 3.63) is 77.6 Å². The van der Waals surface area contributed by atoms with Crippen LogP contribution in [0, 0.1) is 0 Å². The smallest absolute Gasteiger partial charge is 0.298 e. The van der Waals surface area contributed by atoms with Gasteiger partial charge in [-0.15, -0.1) is 0 Å². The van der Waals surface area contributed by atoms with Crippen LogP contribution in [0.25, 0.3) is 22.3 Å². The van der Waals surface area contributed by atoms with E-state index in [4.69, 9.17) is 0 Å². The Morgan fingerprint density at radius 3 is 1.39 bits per heavy atom. The van der Waals surface area contributed by atoms with Crippen LogP contribution in [0.15, 0.2) is 60.9 Å². The molecule has 0 aliphatic rings. The van der Waals surface area contributed by atoms with Crippen molar-refractivity contribution in [1.82, 2.24) is 4.98 Å². The number of aldehydes is 1. The first-order chi connectivity index (χ1) is 13.1. The van der Waals surface area contributed by atoms with Crippen LogP contribution in [-0.2, 0) is 12.4 Å². The lowest BCUT2D eigenvalue weighted by Crippen LogP contribution is -2.09. The lowest BCUT2D eigenvalue weighted by Gasteiger charge is -2.17. The Labute approximate surface area is 155 Å². The number of nitrogens with zero attached hydrogens (tertiary/aromatic N) is 1. The highest BCUT2D eigenvalue weighted by molar-refractivity contribution is 5.97. The van der Waals surface area contributed by atoms with Crippen molar-refractivity contribution < 1.29 is 31.1 Å². The highest BCUT2D eigenvalue weighted by atomic mass is 19.4. The average Bonchev–Trinajstić information content (AvgIpc) is 2.66. The van der Waals surface area contributed by atoms with E-state index in [1.165, 1.54) is 24.3 Å². The zero-order valence-corrected chi connectivity index (χ0v) is 14.0. The molecule has 0 aliphatic heterocycles. The van der Waals surface area contributed by atoms with Crippen molar-refractivity contribution >= 4 is 6.29 Å². The van der Waals surface area contributed by atoms with Gasteiger partial charge in [-0.2, -0.15) is 26.3 Å². The predicted octanol–water partition coefficient (Wildman–Crippen LogP) is 6.27. The van der Waals surface area contributed by atoms with E-state index in [0.717, 1.165) is 36.7 Å². The SMILES string of the molecule is O=Cc1c(-c2ccccc2C(F)(F)F)cncc1-c1ccccc1C(F)(F)F. The summed E-state index contributed by atoms with van der Waals surface area (Å²) in [6, 6.07) is 9.01. The molecule has 0 saturated heterocycles. The number of rotatable bonds is 3. The number of pyridine rings is 1. The average molecular weight is 395 g/mol. The number of benzene rings is 2. The molecule has 0 aliphatic carbocycles. The van der Waals surface area contributed by atoms with Crippen molar-refractivity contribution in [2.24, 2.45) is 0 Å². The second-order valence-electron chi connectivity index (χ2n) is 5.85. The quantitative estimate of drug-likeness (QED) is 0.387. The number of alkyl halides is 6. The Bertz CT molecular complexity index is 948. The van der Waals surface area contributed by atoms with Crippen LogP contribution < -0.4 is 0 Å². The minimum absolute atomic E-state index is 0.197. The molecule has 0 saturated carbocycles. The normalized spacial score (nSPS) is 12.1. The number of hydrogen-bond donors (Lipinski definition) is 0. The molecule has 0 amide bonds. The van der Waals surface area contributed by atoms with Crippen LogP contribution in [-0.4, -0.2) is 11.3 Å². The van der Waals surface area contributed by atoms with Crippen molar-refractivity contribution in [1.29, 1.82) is 0 Å². The topological polar surface area (TPSA) is 30.0 Å². The first-order valence-corrected chi connectivity index (χ1v) is 7.91. The minimum atomic E-state index is -4.71. The molecule has 0 atom stereocenters. The molecule has 1 heterocycles. The van der Waals surface area contributed by atoms with Gasteiger partial charge in [-0.05, 0) is 23.3 Å². The third kappa shape index (κ3) is 3.62. The fraction of sp³-hybridized carbons (Fsp3) is 0.100. The van der Waals surface area contributed by atoms with E-state index >= 15 is 0 Å². The van der Waals surface area contributed by atoms with E-state index in [0.29, 0.717) is 0 Å². The lowest BCUT2D eigenvalue weighted by molar-refractivity contribution is -0.137. The zero-order valence-electron chi connectivity index (χ0n) is 14.0. The molecular formula is C20H11F6NO. The van der Waals surface area contributed by atoms with Crippen LogP contribution in [0.2, 0.25) is 0 Å². The number of hydrogen-bond acceptors (Lipinski definition) is 2. The molecule has 0 spiro atoms. The molecule has 1 aromatic heterocycles. The lowest BCUT2D eigenvalue weighted by atomic mass is 9.90. The summed E-state index contributed by atoms with van der Waals surface area (Å²) in [6.07, 6.45) is -7.11. The summed E-state index contributed by atoms with van der Waals surface area (Å²) in [4.78, 5) is 15.5. The molecule has 0 radical (unpaired) electrons. The Morgan fingerprint density at radius 1 is 0.643 bits per heavy atom. The number of carbonyl (C=O) groups is 1. The molecule has 2 aromatic carbocycles. The van der Waals surface area contributed by atoms with Crippen LogP contribution in [0.4, 0.5) is 26.3 Å². The molecule has 3 aromatic rings. The summed E-state index contributed by atoms with van der Waals surface area (Å²) in [7, 11) is 0. The van der Waals surface area contributed by atoms with Crippen LogP contribution >= 0.6 is 0 Å². The molecule has 0 N–H and O–H groups in total. The molecule has 2 nitrogen and oxygen atoms in total. The van der Waals surface area contributed by atoms with Gasteiger partial charge in [0, 0.05) is 29.1 Å². The van der Waals surface area contributed by atoms with Gasteiger partial charge in [-0.3, -0.25) is 9.78 Å². The van der Waals surface area contributed by atoms with Gasteiger partial charge in [0.1, 0.15) is 0 Å². The Kier molecular flexibility index (Phi) is 4.97. The van der Waals surface area contributed by atoms with Gasteiger partial charge in [-0.25, -0.2) is 0 Å². The Morgan fingerprint density at radius 2 is 1.04 bits per heavy atom. The standard InChI is InChI=1S/C20H11F6NO/c21-19(22,23)17-7-3-1-5-12(17)14-9-27-10-15(16(14)11-28)13-6-2-4-8-18(13)20(24,25)26/h1-11H. The molecule has 8 heteroatoms. The van der Waals surface area contributed by atoms with Gasteiger partial charge in [0.05, 0.1) is 11.1 Å². The molecule has 144 valence electrons. The third-order valence-corrected chi connectivity index (χ3v) is 4.15. The summed E-state index contributed by atoms with van der Waals surface area (Å²) >= 11 is 0. The molecule has 0 unspecified atom stereocenters. The van der Waals surface area contributed by atoms with Gasteiger partial charge in [-0.1, -0.05) is 36.4 Å². The largest absolute Gasteiger partial charge is 0.417 e. The summed E-state index contributed by atoms with van der Waals surface area (Å²) < 4.78 is 80.1. The maximum Gasteiger partial charge on any atom is 0.417 e. The summed E-state index contributed by atoms with van der Waals surface area (Å²) in [5.74, 6) is 0. The molecule has 0 fully saturated rings. The van der Waals surface area contributed by atoms with E-state index in [-0.39, 0.29) is 34.1 Å². The number of aromatic nitrogens is 1. The van der Waals surface area contributed by atoms with Crippen molar-refractivity contribution in [2.45, 2.75) is 12.4 Å². The van der Waals surface area contributed by atoms with Gasteiger partial charge in [0.2, 0.25) is 0 Å². The molecule has 3 rings (SSSR count). The second-order valence-corrected chi connectivity index (χ2v) is 5.85. The Balaban J connectivity index is 2.31. The van der Waals surface area contributed by atoms with Crippen molar-refractivity contribution in [3.63, 3.8) is 0 Å². The van der Waals surface area contributed by atoms with Gasteiger partial charge in [0.15, 0.2) is 6.29 Å². The summed E-state index contributed by atoms with van der Waals surface area (Å²) in [6.45, 7) is 0. The highest BCUT2D eigenvalue weighted by Gasteiger charge is 2.36. The minimum Gasteiger partial charge on any atom is -0.298 e. The van der Waals surface area contributed by atoms with Gasteiger partial charge in [0.25, 0.3) is 0 Å². The van der Waals surface area contributed by atoms with E-state index in [2.05, 4.69) is 4.98 Å². The molecule has 28 heavy (non-hydrogen) atoms. The van der Waals surface area contributed by atoms with Crippen LogP contribution in [0.3, 0.4) is 0 Å². The van der Waals surface area contributed by atoms with Gasteiger partial charge >= 0.3 is 12.4 Å². The van der Waals surface area contributed by atoms with Crippen molar-refractivity contribution in [2.75, 3.05) is 0 Å². The van der Waals surface area contributed by atoms with E-state index in [9.17, 15) is 31.1 Å². The predicted molar refractivity (Wildman–Crippen MR) is 90.5 cm³/mol. The molecular weight excluding hydrogens is 384 g/mol. The first-order valence-electron chi connectivity index (χ1n) is 7.91. The van der Waals surface area contributed by atoms with Crippen molar-refractivity contribution in [3.8, 4) is 22.3 Å². The fourth-order valence-electron chi connectivity index (χ4n) is 2.96. The molecule has 0 bridgehead atoms. The van der Waals surface area contributed by atoms with Crippen LogP contribution in [0.5, 0.6) is 0 Å². The highest BCUT2D eigenvalue weighted by Crippen LogP contribution is 2.42. The monoisotopic (exact) mass is 395 g/mol. The van der Waals surface area contributed by atoms with Crippen LogP contribution in [0.1, 0.15) is 21.5 Å². The second kappa shape index (κ2) is 7.10. The van der Waals surface area contributed by atoms with E-state index < -0.39 is 23.5 Å². The summed E-state index contributed by atoms with van der Waals surface area (Å²) in [5.41, 5.74) is -3.40. The van der Waals surface area contributed by atoms with Gasteiger partial charge < -0.3 is 0 Å². The maximum atomic E-state index is 13.4. The first kappa shape index (κ1) is 19.6. The Hall–Kier alpha value is -3.16. The van der Waals surface area contributed by atoms with E-state index in [1.807, 2.05) is 0 Å². The number of halogens is 6. The number of carbonyl (C=O) groups excluding carboxylic acids is 1. The maximum absolute atomic E-state index is 13.4. The zero-order chi connectivity index (χ0) is 20.5.